The second-order valence-electron chi connectivity index (χ2n) is 18.1. The van der Waals surface area contributed by atoms with Crippen LogP contribution in [0.2, 0.25) is 0 Å². The Morgan fingerprint density at radius 1 is 0.980 bits per heavy atom. The number of aliphatic hydroxyl groups excluding tert-OH is 3. The molecule has 7 aliphatic rings. The summed E-state index contributed by atoms with van der Waals surface area (Å²) in [4.78, 5) is 13.3. The van der Waals surface area contributed by atoms with E-state index in [1.54, 1.807) is 7.11 Å². The van der Waals surface area contributed by atoms with Crippen LogP contribution in [0.1, 0.15) is 99.3 Å². The predicted octanol–water partition coefficient (Wildman–Crippen LogP) is 3.24. The minimum atomic E-state index is -1.35. The van der Waals surface area contributed by atoms with Crippen molar-refractivity contribution in [3.63, 3.8) is 0 Å². The first-order valence-corrected chi connectivity index (χ1v) is 19.3. The van der Waals surface area contributed by atoms with Crippen LogP contribution < -0.4 is 5.32 Å². The highest BCUT2D eigenvalue weighted by molar-refractivity contribution is 5.81. The zero-order valence-corrected chi connectivity index (χ0v) is 31.3. The van der Waals surface area contributed by atoms with Gasteiger partial charge in [0.05, 0.1) is 42.7 Å². The third-order valence-corrected chi connectivity index (χ3v) is 15.6. The minimum absolute atomic E-state index is 0.0178. The van der Waals surface area contributed by atoms with Gasteiger partial charge in [-0.2, -0.15) is 0 Å². The lowest BCUT2D eigenvalue weighted by molar-refractivity contribution is -0.307. The first-order chi connectivity index (χ1) is 23.5. The quantitative estimate of drug-likeness (QED) is 0.250. The first kappa shape index (κ1) is 37.2. The lowest BCUT2D eigenvalue weighted by Crippen LogP contribution is -2.65. The monoisotopic (exact) mass is 705 g/mol. The van der Waals surface area contributed by atoms with Gasteiger partial charge in [-0.25, -0.2) is 0 Å². The highest BCUT2D eigenvalue weighted by Crippen LogP contribution is 2.74. The topological polar surface area (TPSA) is 156 Å². The smallest absolute Gasteiger partial charge is 0.220 e. The van der Waals surface area contributed by atoms with Gasteiger partial charge in [-0.3, -0.25) is 4.79 Å². The molecule has 2 saturated heterocycles. The Morgan fingerprint density at radius 3 is 2.42 bits per heavy atom. The maximum atomic E-state index is 13.3. The molecule has 0 aromatic rings. The van der Waals surface area contributed by atoms with E-state index in [0.29, 0.717) is 31.1 Å². The summed E-state index contributed by atoms with van der Waals surface area (Å²) in [7, 11) is 3.11. The van der Waals surface area contributed by atoms with Crippen LogP contribution in [0.4, 0.5) is 0 Å². The zero-order valence-electron chi connectivity index (χ0n) is 31.3. The second kappa shape index (κ2) is 13.0. The average Bonchev–Trinajstić information content (AvgIpc) is 3.45. The number of allylic oxidation sites excluding steroid dienone is 1. The summed E-state index contributed by atoms with van der Waals surface area (Å²) >= 11 is 0. The summed E-state index contributed by atoms with van der Waals surface area (Å²) in [6, 6.07) is -0.466. The highest BCUT2D eigenvalue weighted by atomic mass is 16.7. The molecule has 19 unspecified atom stereocenters. The summed E-state index contributed by atoms with van der Waals surface area (Å²) in [5, 5.41) is 48.6. The third-order valence-electron chi connectivity index (χ3n) is 15.6. The molecule has 1 amide bonds. The van der Waals surface area contributed by atoms with Gasteiger partial charge in [0.1, 0.15) is 23.9 Å². The van der Waals surface area contributed by atoms with Crippen molar-refractivity contribution >= 4 is 5.91 Å². The van der Waals surface area contributed by atoms with Gasteiger partial charge in [0.2, 0.25) is 5.91 Å². The van der Waals surface area contributed by atoms with Crippen LogP contribution in [0, 0.1) is 39.9 Å². The van der Waals surface area contributed by atoms with Gasteiger partial charge in [-0.15, -0.1) is 0 Å². The maximum absolute atomic E-state index is 13.3. The Morgan fingerprint density at radius 2 is 1.72 bits per heavy atom. The van der Waals surface area contributed by atoms with Crippen molar-refractivity contribution in [1.82, 2.24) is 5.32 Å². The van der Waals surface area contributed by atoms with Crippen LogP contribution in [0.25, 0.3) is 0 Å². The number of nitrogens with one attached hydrogen (secondary N) is 1. The number of amides is 1. The molecule has 284 valence electrons. The largest absolute Gasteiger partial charge is 0.393 e. The van der Waals surface area contributed by atoms with Gasteiger partial charge in [0.15, 0.2) is 6.29 Å². The van der Waals surface area contributed by atoms with Crippen molar-refractivity contribution < 1.29 is 48.9 Å². The molecular weight excluding hydrogens is 642 g/mol. The molecule has 2 aliphatic heterocycles. The molecule has 0 radical (unpaired) electrons. The lowest BCUT2D eigenvalue weighted by Gasteiger charge is -2.61. The molecule has 5 aliphatic carbocycles. The minimum Gasteiger partial charge on any atom is -0.393 e. The number of methoxy groups -OCH3 is 2. The molecule has 0 spiro atoms. The number of carbonyl (C=O) groups is 1. The SMILES string of the molecule is COC1CC(OC(C)C2(O)C3NC(=O)CC3(C)C3C4CC=C5CC(O)CCC5(C)C4CCC32C)OC(C)C1OC1CC(C)C(O)C(OC)C1O. The Hall–Kier alpha value is -1.15. The molecule has 19 atom stereocenters. The molecule has 0 aromatic carbocycles. The highest BCUT2D eigenvalue weighted by Gasteiger charge is 2.78. The lowest BCUT2D eigenvalue weighted by atomic mass is 9.44. The zero-order chi connectivity index (χ0) is 36.1. The van der Waals surface area contributed by atoms with Crippen LogP contribution >= 0.6 is 0 Å². The van der Waals surface area contributed by atoms with Crippen molar-refractivity contribution in [3.05, 3.63) is 11.6 Å². The van der Waals surface area contributed by atoms with Crippen LogP contribution in [-0.2, 0) is 28.5 Å². The third kappa shape index (κ3) is 5.34. The van der Waals surface area contributed by atoms with Gasteiger partial charge in [0.25, 0.3) is 0 Å². The van der Waals surface area contributed by atoms with Crippen LogP contribution in [-0.4, -0.2) is 113 Å². The van der Waals surface area contributed by atoms with Crippen LogP contribution in [0.5, 0.6) is 0 Å². The summed E-state index contributed by atoms with van der Waals surface area (Å²) in [5.41, 5.74) is -0.880. The molecule has 7 rings (SSSR count). The molecule has 0 bridgehead atoms. The van der Waals surface area contributed by atoms with E-state index < -0.39 is 77.6 Å². The van der Waals surface area contributed by atoms with E-state index in [4.69, 9.17) is 23.7 Å². The number of ether oxygens (including phenoxy) is 5. The normalized spacial score (nSPS) is 55.3. The van der Waals surface area contributed by atoms with Gasteiger partial charge in [0, 0.05) is 37.9 Å². The summed E-state index contributed by atoms with van der Waals surface area (Å²) in [6.07, 6.45) is 2.80. The Bertz CT molecular complexity index is 1330. The Balaban J connectivity index is 1.11. The number of fused-ring (bicyclic) bond motifs is 7. The van der Waals surface area contributed by atoms with Gasteiger partial charge >= 0.3 is 0 Å². The van der Waals surface area contributed by atoms with E-state index in [1.165, 1.54) is 12.7 Å². The van der Waals surface area contributed by atoms with Gasteiger partial charge in [-0.05, 0) is 87.9 Å². The molecule has 2 heterocycles. The van der Waals surface area contributed by atoms with E-state index in [1.807, 2.05) is 20.8 Å². The van der Waals surface area contributed by atoms with E-state index in [-0.39, 0.29) is 29.3 Å². The second-order valence-corrected chi connectivity index (χ2v) is 18.1. The molecule has 11 heteroatoms. The Kier molecular flexibility index (Phi) is 9.67. The number of carbonyl (C=O) groups excluding carboxylic acids is 1. The first-order valence-electron chi connectivity index (χ1n) is 19.3. The molecule has 11 nitrogen and oxygen atoms in total. The molecule has 5 N–H and O–H groups in total. The molecule has 0 aromatic heterocycles. The fraction of sp³-hybridized carbons (Fsp3) is 0.923. The molecule has 6 fully saturated rings. The van der Waals surface area contributed by atoms with Crippen LogP contribution in [0.15, 0.2) is 11.6 Å². The van der Waals surface area contributed by atoms with Crippen molar-refractivity contribution in [2.24, 2.45) is 39.9 Å². The van der Waals surface area contributed by atoms with Crippen molar-refractivity contribution in [1.29, 1.82) is 0 Å². The summed E-state index contributed by atoms with van der Waals surface area (Å²) < 4.78 is 31.1. The standard InChI is InChI=1S/C39H63NO10/c1-19-15-26(31(44)33(47-8)30(19)43)50-32-20(2)48-29(17-27(32)46-7)49-21(3)39(45)35-37(5,18-28(42)40-35)34-24-10-9-22-16-23(41)11-13-36(22,4)25(24)12-14-38(34,39)6/h9,19-21,23-27,29-35,41,43-45H,10-18H2,1-8H3,(H,40,42). The fourth-order valence-corrected chi connectivity index (χ4v) is 13.1. The number of rotatable bonds is 7. The van der Waals surface area contributed by atoms with Crippen LogP contribution in [0.3, 0.4) is 0 Å². The summed E-state index contributed by atoms with van der Waals surface area (Å²) in [6.45, 7) is 12.6. The maximum Gasteiger partial charge on any atom is 0.220 e. The average molecular weight is 706 g/mol. The van der Waals surface area contributed by atoms with Gasteiger partial charge < -0.3 is 49.4 Å². The van der Waals surface area contributed by atoms with E-state index >= 15 is 0 Å². The van der Waals surface area contributed by atoms with E-state index in [9.17, 15) is 25.2 Å². The van der Waals surface area contributed by atoms with Crippen molar-refractivity contribution in [2.45, 2.75) is 172 Å². The fourth-order valence-electron chi connectivity index (χ4n) is 13.1. The predicted molar refractivity (Wildman–Crippen MR) is 184 cm³/mol. The van der Waals surface area contributed by atoms with E-state index in [2.05, 4.69) is 32.2 Å². The Labute approximate surface area is 297 Å². The van der Waals surface area contributed by atoms with Crippen molar-refractivity contribution in [3.8, 4) is 0 Å². The number of hydrogen-bond acceptors (Lipinski definition) is 10. The molecule has 4 saturated carbocycles. The number of aliphatic hydroxyl groups is 4. The molecular formula is C39H63NO10. The van der Waals surface area contributed by atoms with Gasteiger partial charge in [-0.1, -0.05) is 39.3 Å². The molecule has 50 heavy (non-hydrogen) atoms. The van der Waals surface area contributed by atoms with Crippen molar-refractivity contribution in [2.75, 3.05) is 14.2 Å². The number of hydrogen-bond donors (Lipinski definition) is 5. The summed E-state index contributed by atoms with van der Waals surface area (Å²) in [5.74, 6) is 0.721. The van der Waals surface area contributed by atoms with E-state index in [0.717, 1.165) is 38.5 Å².